The van der Waals surface area contributed by atoms with Gasteiger partial charge in [-0.15, -0.1) is 0 Å². The van der Waals surface area contributed by atoms with Gasteiger partial charge < -0.3 is 14.7 Å². The van der Waals surface area contributed by atoms with Crippen LogP contribution in [0.2, 0.25) is 5.02 Å². The highest BCUT2D eigenvalue weighted by Gasteiger charge is 2.34. The molecule has 158 valence electrons. The molecule has 0 spiro atoms. The number of H-pyrrole nitrogens is 1. The highest BCUT2D eigenvalue weighted by atomic mass is 35.5. The average Bonchev–Trinajstić information content (AvgIpc) is 3.01. The Morgan fingerprint density at radius 1 is 1.10 bits per heavy atom. The van der Waals surface area contributed by atoms with Crippen LogP contribution in [-0.4, -0.2) is 20.6 Å². The van der Waals surface area contributed by atoms with Gasteiger partial charge in [-0.1, -0.05) is 29.8 Å². The summed E-state index contributed by atoms with van der Waals surface area (Å²) in [6.45, 7) is -0.361. The van der Waals surface area contributed by atoms with Crippen molar-refractivity contribution in [2.45, 2.75) is 12.7 Å². The number of nitrogens with zero attached hydrogens (tertiary/aromatic N) is 1. The van der Waals surface area contributed by atoms with Gasteiger partial charge in [0, 0.05) is 39.8 Å². The lowest BCUT2D eigenvalue weighted by molar-refractivity contribution is -0.138. The molecule has 0 fully saturated rings. The van der Waals surface area contributed by atoms with Gasteiger partial charge in [-0.05, 0) is 42.0 Å². The van der Waals surface area contributed by atoms with Gasteiger partial charge in [0.2, 0.25) is 0 Å². The molecule has 9 heteroatoms. The van der Waals surface area contributed by atoms with E-state index >= 15 is 0 Å². The topological polar surface area (TPSA) is 75.1 Å². The summed E-state index contributed by atoms with van der Waals surface area (Å²) in [6.07, 6.45) is -3.20. The minimum Gasteiger partial charge on any atom is -0.477 e. The summed E-state index contributed by atoms with van der Waals surface area (Å²) in [5.41, 5.74) is -1.27. The molecule has 0 radical (unpaired) electrons. The molecule has 0 unspecified atom stereocenters. The van der Waals surface area contributed by atoms with Crippen molar-refractivity contribution in [1.29, 1.82) is 0 Å². The van der Waals surface area contributed by atoms with Crippen LogP contribution < -0.4 is 5.56 Å². The summed E-state index contributed by atoms with van der Waals surface area (Å²) < 4.78 is 41.8. The fraction of sp³-hybridized carbons (Fsp3) is 0.0909. The SMILES string of the molecule is O=C(O)c1c(-c2ccc[nH]c2=O)c2cc(Cl)ccc2n1Cc1ccccc1C(F)(F)F. The number of carboxylic acids is 1. The van der Waals surface area contributed by atoms with Crippen molar-refractivity contribution in [3.8, 4) is 11.1 Å². The van der Waals surface area contributed by atoms with E-state index < -0.39 is 23.3 Å². The third-order valence-electron chi connectivity index (χ3n) is 4.97. The van der Waals surface area contributed by atoms with Crippen LogP contribution in [0.15, 0.2) is 65.6 Å². The molecular weight excluding hydrogens is 433 g/mol. The molecule has 0 saturated carbocycles. The van der Waals surface area contributed by atoms with E-state index in [1.807, 2.05) is 0 Å². The lowest BCUT2D eigenvalue weighted by Gasteiger charge is -2.15. The van der Waals surface area contributed by atoms with Crippen molar-refractivity contribution >= 4 is 28.5 Å². The zero-order chi connectivity index (χ0) is 22.3. The number of hydrogen-bond donors (Lipinski definition) is 2. The quantitative estimate of drug-likeness (QED) is 0.440. The van der Waals surface area contributed by atoms with E-state index in [-0.39, 0.29) is 28.9 Å². The molecular formula is C22H14ClF3N2O3. The summed E-state index contributed by atoms with van der Waals surface area (Å²) in [4.78, 5) is 27.2. The molecule has 0 bridgehead atoms. The Balaban J connectivity index is 2.06. The van der Waals surface area contributed by atoms with Crippen LogP contribution in [0.3, 0.4) is 0 Å². The Morgan fingerprint density at radius 2 is 1.84 bits per heavy atom. The zero-order valence-electron chi connectivity index (χ0n) is 15.7. The standard InChI is InChI=1S/C22H14ClF3N2O3/c23-13-7-8-17-15(10-13)18(14-5-3-9-27-20(14)29)19(21(30)31)28(17)11-12-4-1-2-6-16(12)22(24,25)26/h1-10H,11H2,(H,27,29)(H,30,31). The van der Waals surface area contributed by atoms with Gasteiger partial charge in [0.15, 0.2) is 0 Å². The summed E-state index contributed by atoms with van der Waals surface area (Å²) in [6, 6.07) is 12.5. The van der Waals surface area contributed by atoms with Crippen LogP contribution in [-0.2, 0) is 12.7 Å². The van der Waals surface area contributed by atoms with E-state index in [9.17, 15) is 27.9 Å². The molecule has 2 N–H and O–H groups in total. The van der Waals surface area contributed by atoms with Crippen molar-refractivity contribution in [1.82, 2.24) is 9.55 Å². The molecule has 0 amide bonds. The molecule has 0 aliphatic heterocycles. The van der Waals surface area contributed by atoms with Crippen molar-refractivity contribution in [3.05, 3.63) is 93.0 Å². The minimum absolute atomic E-state index is 0.0787. The Labute approximate surface area is 178 Å². The van der Waals surface area contributed by atoms with Crippen LogP contribution in [0.25, 0.3) is 22.0 Å². The maximum absolute atomic E-state index is 13.5. The highest BCUT2D eigenvalue weighted by Crippen LogP contribution is 2.37. The second-order valence-corrected chi connectivity index (χ2v) is 7.28. The number of fused-ring (bicyclic) bond motifs is 1. The maximum Gasteiger partial charge on any atom is 0.416 e. The first kappa shape index (κ1) is 20.7. The second kappa shape index (κ2) is 7.63. The van der Waals surface area contributed by atoms with E-state index in [1.54, 1.807) is 0 Å². The molecule has 5 nitrogen and oxygen atoms in total. The predicted molar refractivity (Wildman–Crippen MR) is 111 cm³/mol. The van der Waals surface area contributed by atoms with Gasteiger partial charge in [-0.2, -0.15) is 13.2 Å². The van der Waals surface area contributed by atoms with Crippen molar-refractivity contribution in [3.63, 3.8) is 0 Å². The Morgan fingerprint density at radius 3 is 2.52 bits per heavy atom. The van der Waals surface area contributed by atoms with Crippen LogP contribution >= 0.6 is 11.6 Å². The number of aromatic amines is 1. The van der Waals surface area contributed by atoms with Crippen LogP contribution in [0.4, 0.5) is 13.2 Å². The fourth-order valence-electron chi connectivity index (χ4n) is 3.71. The van der Waals surface area contributed by atoms with E-state index in [1.165, 1.54) is 59.3 Å². The van der Waals surface area contributed by atoms with E-state index in [0.717, 1.165) is 6.07 Å². The van der Waals surface area contributed by atoms with Crippen LogP contribution in [0.5, 0.6) is 0 Å². The summed E-state index contributed by atoms with van der Waals surface area (Å²) >= 11 is 6.11. The predicted octanol–water partition coefficient (Wildman–Crippen LogP) is 5.42. The monoisotopic (exact) mass is 446 g/mol. The summed E-state index contributed by atoms with van der Waals surface area (Å²) in [5.74, 6) is -1.38. The molecule has 2 aromatic carbocycles. The molecule has 0 saturated heterocycles. The molecule has 0 atom stereocenters. The number of carbonyl (C=O) groups is 1. The molecule has 2 aromatic heterocycles. The average molecular weight is 447 g/mol. The number of rotatable bonds is 4. The number of hydrogen-bond acceptors (Lipinski definition) is 2. The number of nitrogens with one attached hydrogen (secondary N) is 1. The van der Waals surface area contributed by atoms with E-state index in [2.05, 4.69) is 4.98 Å². The van der Waals surface area contributed by atoms with Crippen molar-refractivity contribution in [2.75, 3.05) is 0 Å². The third-order valence-corrected chi connectivity index (χ3v) is 5.20. The number of aromatic nitrogens is 2. The number of carboxylic acid groups (broad SMARTS) is 1. The lowest BCUT2D eigenvalue weighted by atomic mass is 10.0. The summed E-state index contributed by atoms with van der Waals surface area (Å²) in [7, 11) is 0. The van der Waals surface area contributed by atoms with E-state index in [0.29, 0.717) is 15.9 Å². The number of benzene rings is 2. The number of aromatic carboxylic acids is 1. The fourth-order valence-corrected chi connectivity index (χ4v) is 3.88. The maximum atomic E-state index is 13.5. The molecule has 31 heavy (non-hydrogen) atoms. The summed E-state index contributed by atoms with van der Waals surface area (Å²) in [5, 5.41) is 10.6. The van der Waals surface area contributed by atoms with Gasteiger partial charge in [0.1, 0.15) is 5.69 Å². The number of pyridine rings is 1. The normalized spacial score (nSPS) is 11.7. The second-order valence-electron chi connectivity index (χ2n) is 6.84. The Hall–Kier alpha value is -3.52. The number of alkyl halides is 3. The molecule has 0 aliphatic rings. The molecule has 2 heterocycles. The smallest absolute Gasteiger partial charge is 0.416 e. The largest absolute Gasteiger partial charge is 0.477 e. The van der Waals surface area contributed by atoms with E-state index in [4.69, 9.17) is 11.6 Å². The van der Waals surface area contributed by atoms with Gasteiger partial charge in [-0.25, -0.2) is 4.79 Å². The molecule has 4 aromatic rings. The first-order valence-corrected chi connectivity index (χ1v) is 9.44. The third kappa shape index (κ3) is 3.70. The first-order chi connectivity index (χ1) is 14.7. The zero-order valence-corrected chi connectivity index (χ0v) is 16.5. The molecule has 0 aliphatic carbocycles. The van der Waals surface area contributed by atoms with Gasteiger partial charge in [0.05, 0.1) is 5.56 Å². The first-order valence-electron chi connectivity index (χ1n) is 9.06. The Kier molecular flexibility index (Phi) is 5.10. The van der Waals surface area contributed by atoms with Gasteiger partial charge >= 0.3 is 12.1 Å². The highest BCUT2D eigenvalue weighted by molar-refractivity contribution is 6.31. The minimum atomic E-state index is -4.61. The molecule has 4 rings (SSSR count). The van der Waals surface area contributed by atoms with Gasteiger partial charge in [0.25, 0.3) is 5.56 Å². The van der Waals surface area contributed by atoms with Crippen molar-refractivity contribution in [2.24, 2.45) is 0 Å². The van der Waals surface area contributed by atoms with Gasteiger partial charge in [-0.3, -0.25) is 4.79 Å². The van der Waals surface area contributed by atoms with Crippen LogP contribution in [0.1, 0.15) is 21.6 Å². The van der Waals surface area contributed by atoms with Crippen molar-refractivity contribution < 1.29 is 23.1 Å². The Bertz CT molecular complexity index is 1370. The lowest BCUT2D eigenvalue weighted by Crippen LogP contribution is -2.16. The van der Waals surface area contributed by atoms with Crippen LogP contribution in [0, 0.1) is 0 Å². The number of halogens is 4.